The molecule has 0 saturated carbocycles. The van der Waals surface area contributed by atoms with Crippen molar-refractivity contribution in [2.24, 2.45) is 7.05 Å². The third-order valence-corrected chi connectivity index (χ3v) is 8.98. The molecule has 4 aromatic rings. The minimum absolute atomic E-state index is 0.0695. The van der Waals surface area contributed by atoms with E-state index in [1.54, 1.807) is 43.8 Å². The van der Waals surface area contributed by atoms with Crippen LogP contribution in [-0.2, 0) is 7.05 Å². The Morgan fingerprint density at radius 3 is 2.39 bits per heavy atom. The summed E-state index contributed by atoms with van der Waals surface area (Å²) < 4.78 is 17.9. The lowest BCUT2D eigenvalue weighted by Crippen LogP contribution is -2.63. The second kappa shape index (κ2) is 10.2. The molecule has 2 fully saturated rings. The Kier molecular flexibility index (Phi) is 6.82. The average Bonchev–Trinajstić information content (AvgIpc) is 3.54. The van der Waals surface area contributed by atoms with E-state index in [-0.39, 0.29) is 17.0 Å². The number of anilines is 2. The molecule has 4 heterocycles. The molecule has 1 unspecified atom stereocenters. The first-order valence-electron chi connectivity index (χ1n) is 13.9. The Labute approximate surface area is 243 Å². The van der Waals surface area contributed by atoms with Crippen LogP contribution in [-0.4, -0.2) is 62.4 Å². The molecule has 214 valence electrons. The molecule has 10 heteroatoms. The van der Waals surface area contributed by atoms with E-state index < -0.39 is 5.82 Å². The average molecular weight is 577 g/mol. The van der Waals surface area contributed by atoms with Crippen molar-refractivity contribution in [2.75, 3.05) is 36.9 Å². The molecule has 1 atom stereocenters. The van der Waals surface area contributed by atoms with Gasteiger partial charge in [0.2, 0.25) is 0 Å². The first-order chi connectivity index (χ1) is 19.6. The van der Waals surface area contributed by atoms with Crippen LogP contribution >= 0.6 is 11.6 Å². The zero-order chi connectivity index (χ0) is 29.1. The number of benzene rings is 2. The van der Waals surface area contributed by atoms with E-state index in [0.717, 1.165) is 37.6 Å². The van der Waals surface area contributed by atoms with Crippen molar-refractivity contribution < 1.29 is 9.50 Å². The SMILES string of the molecule is CNc1ncc(-c2cc(F)cc(-c3ccc(-n4ccn(C)c4=O)c(Cl)c3)c2O)cc1N1CCC2(CCN2C(C)C)C1. The molecule has 0 aliphatic carbocycles. The molecule has 1 spiro atoms. The smallest absolute Gasteiger partial charge is 0.332 e. The van der Waals surface area contributed by atoms with Crippen LogP contribution in [0.2, 0.25) is 5.02 Å². The van der Waals surface area contributed by atoms with Crippen LogP contribution in [0.15, 0.2) is 59.8 Å². The number of nitrogens with one attached hydrogen (secondary N) is 1. The Hall–Kier alpha value is -3.82. The van der Waals surface area contributed by atoms with Crippen molar-refractivity contribution in [3.8, 4) is 33.7 Å². The monoisotopic (exact) mass is 576 g/mol. The Bertz CT molecular complexity index is 1700. The van der Waals surface area contributed by atoms with Gasteiger partial charge in [0.15, 0.2) is 0 Å². The molecule has 6 rings (SSSR count). The van der Waals surface area contributed by atoms with Crippen LogP contribution in [0.4, 0.5) is 15.9 Å². The summed E-state index contributed by atoms with van der Waals surface area (Å²) in [6.45, 7) is 7.42. The molecule has 2 aliphatic heterocycles. The fraction of sp³-hybridized carbons (Fsp3) is 0.355. The van der Waals surface area contributed by atoms with Gasteiger partial charge >= 0.3 is 5.69 Å². The normalized spacial score (nSPS) is 18.9. The summed E-state index contributed by atoms with van der Waals surface area (Å²) in [5, 5.41) is 14.9. The molecule has 0 amide bonds. The number of phenols is 1. The summed E-state index contributed by atoms with van der Waals surface area (Å²) >= 11 is 6.57. The Balaban J connectivity index is 1.37. The number of aromatic hydroxyl groups is 1. The summed E-state index contributed by atoms with van der Waals surface area (Å²) in [5.41, 5.74) is 3.17. The van der Waals surface area contributed by atoms with Crippen molar-refractivity contribution in [3.05, 3.63) is 76.3 Å². The molecule has 0 radical (unpaired) electrons. The summed E-state index contributed by atoms with van der Waals surface area (Å²) in [7, 11) is 3.50. The van der Waals surface area contributed by atoms with Crippen LogP contribution in [0, 0.1) is 5.82 Å². The first-order valence-corrected chi connectivity index (χ1v) is 14.3. The van der Waals surface area contributed by atoms with Gasteiger partial charge in [-0.15, -0.1) is 0 Å². The van der Waals surface area contributed by atoms with Crippen LogP contribution in [0.3, 0.4) is 0 Å². The highest BCUT2D eigenvalue weighted by molar-refractivity contribution is 6.32. The van der Waals surface area contributed by atoms with Crippen molar-refractivity contribution in [1.82, 2.24) is 19.0 Å². The van der Waals surface area contributed by atoms with Crippen molar-refractivity contribution in [2.45, 2.75) is 38.3 Å². The molecular weight excluding hydrogens is 543 g/mol. The Morgan fingerprint density at radius 2 is 1.78 bits per heavy atom. The minimum Gasteiger partial charge on any atom is -0.507 e. The maximum absolute atomic E-state index is 15.1. The third kappa shape index (κ3) is 4.57. The molecule has 8 nitrogen and oxygen atoms in total. The van der Waals surface area contributed by atoms with Crippen LogP contribution in [0.1, 0.15) is 26.7 Å². The molecule has 2 aromatic carbocycles. The van der Waals surface area contributed by atoms with E-state index in [4.69, 9.17) is 11.6 Å². The topological polar surface area (TPSA) is 78.6 Å². The van der Waals surface area contributed by atoms with E-state index in [9.17, 15) is 9.90 Å². The maximum atomic E-state index is 15.1. The van der Waals surface area contributed by atoms with Gasteiger partial charge in [0.05, 0.1) is 16.4 Å². The van der Waals surface area contributed by atoms with Gasteiger partial charge in [0.25, 0.3) is 0 Å². The van der Waals surface area contributed by atoms with Crippen LogP contribution < -0.4 is 15.9 Å². The maximum Gasteiger partial charge on any atom is 0.332 e. The number of pyridine rings is 1. The van der Waals surface area contributed by atoms with Gasteiger partial charge in [-0.2, -0.15) is 0 Å². The van der Waals surface area contributed by atoms with E-state index in [1.807, 2.05) is 13.1 Å². The predicted molar refractivity (Wildman–Crippen MR) is 162 cm³/mol. The van der Waals surface area contributed by atoms with Gasteiger partial charge in [-0.1, -0.05) is 17.7 Å². The largest absolute Gasteiger partial charge is 0.507 e. The van der Waals surface area contributed by atoms with E-state index in [2.05, 4.69) is 33.9 Å². The van der Waals surface area contributed by atoms with E-state index in [1.165, 1.54) is 27.7 Å². The molecule has 2 aromatic heterocycles. The van der Waals surface area contributed by atoms with Gasteiger partial charge in [-0.05, 0) is 62.6 Å². The first kappa shape index (κ1) is 27.4. The van der Waals surface area contributed by atoms with Crippen LogP contribution in [0.25, 0.3) is 27.9 Å². The minimum atomic E-state index is -0.492. The Morgan fingerprint density at radius 1 is 1.05 bits per heavy atom. The summed E-state index contributed by atoms with van der Waals surface area (Å²) in [4.78, 5) is 22.0. The number of rotatable bonds is 6. The highest BCUT2D eigenvalue weighted by Crippen LogP contribution is 2.45. The standard InChI is InChI=1S/C31H34ClFN6O2/c1-19(2)39-10-8-31(39)7-9-37(18-31)27-14-21(17-35-29(27)34-3)24-16-22(33)15-23(28(24)40)20-5-6-26(25(32)13-20)38-12-11-36(4)30(38)41/h5-6,11-17,19,40H,7-10,18H2,1-4H3,(H,34,35). The zero-order valence-corrected chi connectivity index (χ0v) is 24.4. The molecular formula is C31H34ClFN6O2. The lowest BCUT2D eigenvalue weighted by Gasteiger charge is -2.53. The van der Waals surface area contributed by atoms with Gasteiger partial charge in [-0.3, -0.25) is 9.47 Å². The van der Waals surface area contributed by atoms with E-state index >= 15 is 4.39 Å². The lowest BCUT2D eigenvalue weighted by atomic mass is 9.82. The molecule has 41 heavy (non-hydrogen) atoms. The zero-order valence-electron chi connectivity index (χ0n) is 23.7. The third-order valence-electron chi connectivity index (χ3n) is 8.68. The number of aromatic nitrogens is 3. The highest BCUT2D eigenvalue weighted by atomic mass is 35.5. The number of phenolic OH excluding ortho intramolecular Hbond substituents is 1. The van der Waals surface area contributed by atoms with Gasteiger partial charge < -0.3 is 19.9 Å². The fourth-order valence-corrected chi connectivity index (χ4v) is 6.73. The van der Waals surface area contributed by atoms with Crippen molar-refractivity contribution >= 4 is 23.1 Å². The summed E-state index contributed by atoms with van der Waals surface area (Å²) in [6.07, 6.45) is 7.19. The number of nitrogens with zero attached hydrogens (tertiary/aromatic N) is 5. The number of halogens is 2. The number of hydrogen-bond donors (Lipinski definition) is 2. The quantitative estimate of drug-likeness (QED) is 0.315. The molecule has 2 N–H and O–H groups in total. The number of aryl methyl sites for hydroxylation is 1. The second-order valence-corrected chi connectivity index (χ2v) is 11.8. The van der Waals surface area contributed by atoms with Crippen LogP contribution in [0.5, 0.6) is 5.75 Å². The number of likely N-dealkylation sites (tertiary alicyclic amines) is 1. The molecule has 2 aliphatic rings. The summed E-state index contributed by atoms with van der Waals surface area (Å²) in [6, 6.07) is 10.1. The lowest BCUT2D eigenvalue weighted by molar-refractivity contribution is -0.0237. The number of imidazole rings is 1. The fourth-order valence-electron chi connectivity index (χ4n) is 6.45. The summed E-state index contributed by atoms with van der Waals surface area (Å²) in [5.74, 6) is 0.185. The van der Waals surface area contributed by atoms with E-state index in [0.29, 0.717) is 39.0 Å². The van der Waals surface area contributed by atoms with Gasteiger partial charge in [-0.25, -0.2) is 14.2 Å². The number of hydrogen-bond acceptors (Lipinski definition) is 6. The van der Waals surface area contributed by atoms with Gasteiger partial charge in [0.1, 0.15) is 17.4 Å². The molecule has 0 bridgehead atoms. The van der Waals surface area contributed by atoms with Gasteiger partial charge in [0, 0.05) is 80.6 Å². The second-order valence-electron chi connectivity index (χ2n) is 11.4. The van der Waals surface area contributed by atoms with Crippen molar-refractivity contribution in [3.63, 3.8) is 0 Å². The molecule has 2 saturated heterocycles. The highest BCUT2D eigenvalue weighted by Gasteiger charge is 2.50. The van der Waals surface area contributed by atoms with Crippen molar-refractivity contribution in [1.29, 1.82) is 0 Å². The predicted octanol–water partition coefficient (Wildman–Crippen LogP) is 5.51.